The zero-order valence-corrected chi connectivity index (χ0v) is 17.8. The number of hydrogen-bond donors (Lipinski definition) is 0. The van der Waals surface area contributed by atoms with Crippen molar-refractivity contribution in [2.24, 2.45) is 5.92 Å². The van der Waals surface area contributed by atoms with Crippen LogP contribution in [0.1, 0.15) is 50.8 Å². The van der Waals surface area contributed by atoms with Crippen molar-refractivity contribution in [3.05, 3.63) is 83.6 Å². The second-order valence-corrected chi connectivity index (χ2v) is 8.16. The van der Waals surface area contributed by atoms with E-state index >= 15 is 0 Å². The van der Waals surface area contributed by atoms with Gasteiger partial charge in [-0.25, -0.2) is 4.79 Å². The molecule has 4 rings (SSSR count). The van der Waals surface area contributed by atoms with Crippen molar-refractivity contribution < 1.29 is 19.0 Å². The molecule has 0 bridgehead atoms. The number of allylic oxidation sites excluding steroid dienone is 1. The highest BCUT2D eigenvalue weighted by Gasteiger charge is 2.61. The van der Waals surface area contributed by atoms with Crippen LogP contribution in [0.2, 0.25) is 0 Å². The zero-order chi connectivity index (χ0) is 21.1. The maximum Gasteiger partial charge on any atom is 0.416 e. The van der Waals surface area contributed by atoms with Gasteiger partial charge in [0.05, 0.1) is 12.6 Å². The number of hydrogen-bond acceptors (Lipinski definition) is 4. The summed E-state index contributed by atoms with van der Waals surface area (Å²) in [5.74, 6) is -0.159. The van der Waals surface area contributed by atoms with Crippen LogP contribution in [0.4, 0.5) is 4.79 Å². The number of carbonyl (C=O) groups excluding carboxylic acids is 1. The van der Waals surface area contributed by atoms with Crippen molar-refractivity contribution in [1.29, 1.82) is 0 Å². The predicted octanol–water partition coefficient (Wildman–Crippen LogP) is 5.64. The third kappa shape index (κ3) is 3.82. The van der Waals surface area contributed by atoms with E-state index < -0.39 is 12.1 Å². The van der Waals surface area contributed by atoms with Gasteiger partial charge in [0.15, 0.2) is 0 Å². The van der Waals surface area contributed by atoms with Crippen molar-refractivity contribution in [2.75, 3.05) is 6.61 Å². The molecule has 0 aromatic heterocycles. The van der Waals surface area contributed by atoms with E-state index in [4.69, 9.17) is 14.2 Å². The Bertz CT molecular complexity index is 856. The minimum absolute atomic E-state index is 0.295. The Morgan fingerprint density at radius 1 is 1.03 bits per heavy atom. The summed E-state index contributed by atoms with van der Waals surface area (Å²) in [5, 5.41) is 0. The third-order valence-electron chi connectivity index (χ3n) is 5.49. The van der Waals surface area contributed by atoms with E-state index in [2.05, 4.69) is 19.9 Å². The van der Waals surface area contributed by atoms with Crippen molar-refractivity contribution >= 4 is 6.09 Å². The molecule has 30 heavy (non-hydrogen) atoms. The number of rotatable bonds is 7. The summed E-state index contributed by atoms with van der Waals surface area (Å²) in [6.45, 7) is 6.54. The van der Waals surface area contributed by atoms with Gasteiger partial charge in [-0.05, 0) is 36.5 Å². The molecule has 0 aliphatic carbocycles. The van der Waals surface area contributed by atoms with E-state index in [0.29, 0.717) is 18.9 Å². The number of nitrogens with zero attached hydrogens (tertiary/aromatic N) is 1. The summed E-state index contributed by atoms with van der Waals surface area (Å²) in [5.41, 5.74) is 2.04. The fourth-order valence-electron chi connectivity index (χ4n) is 4.31. The minimum atomic E-state index is -1.41. The lowest BCUT2D eigenvalue weighted by atomic mass is 9.94. The molecule has 158 valence electrons. The fourth-order valence-corrected chi connectivity index (χ4v) is 4.31. The molecule has 1 amide bonds. The van der Waals surface area contributed by atoms with Crippen molar-refractivity contribution in [2.45, 2.75) is 51.7 Å². The number of amides is 1. The van der Waals surface area contributed by atoms with E-state index in [9.17, 15) is 4.79 Å². The van der Waals surface area contributed by atoms with Crippen molar-refractivity contribution in [3.8, 4) is 0 Å². The molecule has 1 saturated heterocycles. The molecule has 2 aromatic rings. The average Bonchev–Trinajstić information content (AvgIpc) is 3.01. The molecule has 0 radical (unpaired) electrons. The van der Waals surface area contributed by atoms with Gasteiger partial charge < -0.3 is 14.2 Å². The third-order valence-corrected chi connectivity index (χ3v) is 5.49. The zero-order valence-electron chi connectivity index (χ0n) is 17.8. The number of ether oxygens (including phenoxy) is 3. The Hall–Kier alpha value is -2.79. The molecule has 5 nitrogen and oxygen atoms in total. The molecular weight excluding hydrogens is 378 g/mol. The van der Waals surface area contributed by atoms with Crippen molar-refractivity contribution in [3.63, 3.8) is 0 Å². The van der Waals surface area contributed by atoms with Crippen LogP contribution >= 0.6 is 0 Å². The molecule has 2 unspecified atom stereocenters. The van der Waals surface area contributed by atoms with E-state index in [1.54, 1.807) is 4.90 Å². The quantitative estimate of drug-likeness (QED) is 0.596. The molecule has 0 N–H and O–H groups in total. The van der Waals surface area contributed by atoms with Gasteiger partial charge in [0.1, 0.15) is 11.8 Å². The molecule has 2 atom stereocenters. The highest BCUT2D eigenvalue weighted by atomic mass is 16.9. The monoisotopic (exact) mass is 407 g/mol. The highest BCUT2D eigenvalue weighted by molar-refractivity contribution is 5.73. The maximum atomic E-state index is 13.3. The van der Waals surface area contributed by atoms with Crippen LogP contribution in [0, 0.1) is 5.92 Å². The molecule has 0 saturated carbocycles. The Balaban J connectivity index is 1.76. The number of carbonyl (C=O) groups is 1. The molecule has 0 spiro atoms. The van der Waals surface area contributed by atoms with Gasteiger partial charge in [0, 0.05) is 6.42 Å². The van der Waals surface area contributed by atoms with Gasteiger partial charge in [-0.15, -0.1) is 0 Å². The van der Waals surface area contributed by atoms with Crippen LogP contribution in [0.3, 0.4) is 0 Å². The Kier molecular flexibility index (Phi) is 5.82. The van der Waals surface area contributed by atoms with Gasteiger partial charge in [0.25, 0.3) is 0 Å². The average molecular weight is 408 g/mol. The normalized spacial score (nSPS) is 23.2. The van der Waals surface area contributed by atoms with Crippen LogP contribution in [0.25, 0.3) is 0 Å². The Morgan fingerprint density at radius 2 is 1.63 bits per heavy atom. The number of fused-ring (bicyclic) bond motifs is 1. The maximum absolute atomic E-state index is 13.3. The van der Waals surface area contributed by atoms with Crippen LogP contribution in [-0.4, -0.2) is 29.6 Å². The van der Waals surface area contributed by atoms with E-state index in [1.807, 2.05) is 67.6 Å². The van der Waals surface area contributed by atoms with Gasteiger partial charge in [0.2, 0.25) is 0 Å². The van der Waals surface area contributed by atoms with Gasteiger partial charge >= 0.3 is 12.1 Å². The van der Waals surface area contributed by atoms with Gasteiger partial charge in [-0.1, -0.05) is 74.5 Å². The summed E-state index contributed by atoms with van der Waals surface area (Å²) in [6.07, 6.45) is 3.04. The lowest BCUT2D eigenvalue weighted by Gasteiger charge is -2.39. The fraction of sp³-hybridized carbons (Fsp3) is 0.400. The Labute approximate surface area is 178 Å². The smallest absolute Gasteiger partial charge is 0.416 e. The topological polar surface area (TPSA) is 48.0 Å². The summed E-state index contributed by atoms with van der Waals surface area (Å²) < 4.78 is 18.1. The number of benzene rings is 2. The largest absolute Gasteiger partial charge is 0.433 e. The van der Waals surface area contributed by atoms with Crippen LogP contribution in [0.15, 0.2) is 72.5 Å². The first-order valence-corrected chi connectivity index (χ1v) is 10.7. The predicted molar refractivity (Wildman–Crippen MR) is 114 cm³/mol. The Morgan fingerprint density at radius 3 is 2.17 bits per heavy atom. The molecule has 5 heteroatoms. The second kappa shape index (κ2) is 8.52. The lowest BCUT2D eigenvalue weighted by molar-refractivity contribution is -0.342. The summed E-state index contributed by atoms with van der Waals surface area (Å²) in [7, 11) is 0. The molecule has 2 heterocycles. The molecule has 1 fully saturated rings. The van der Waals surface area contributed by atoms with E-state index in [1.165, 1.54) is 0 Å². The molecule has 2 aliphatic rings. The summed E-state index contributed by atoms with van der Waals surface area (Å²) in [4.78, 5) is 15.0. The summed E-state index contributed by atoms with van der Waals surface area (Å²) >= 11 is 0. The minimum Gasteiger partial charge on any atom is -0.433 e. The second-order valence-electron chi connectivity index (χ2n) is 8.16. The van der Waals surface area contributed by atoms with Crippen LogP contribution in [0.5, 0.6) is 0 Å². The van der Waals surface area contributed by atoms with Gasteiger partial charge in [-0.3, -0.25) is 4.90 Å². The van der Waals surface area contributed by atoms with E-state index in [-0.39, 0.29) is 12.1 Å². The first-order valence-electron chi connectivity index (χ1n) is 10.7. The van der Waals surface area contributed by atoms with Crippen molar-refractivity contribution in [1.82, 2.24) is 4.90 Å². The standard InChI is InChI=1S/C25H29NO4/c1-4-28-25-22(16-15-21(29-25)17-18(2)3)26(24(27)30-25)23(19-11-7-5-8-12-19)20-13-9-6-10-14-20/h5-15,18,22-23H,4,16-17H2,1-3H3. The molecule has 2 aliphatic heterocycles. The summed E-state index contributed by atoms with van der Waals surface area (Å²) in [6, 6.07) is 19.4. The van der Waals surface area contributed by atoms with Gasteiger partial charge in [-0.2, -0.15) is 0 Å². The molecule has 2 aromatic carbocycles. The lowest BCUT2D eigenvalue weighted by Crippen LogP contribution is -2.52. The first kappa shape index (κ1) is 20.5. The highest BCUT2D eigenvalue weighted by Crippen LogP contribution is 2.46. The van der Waals surface area contributed by atoms with E-state index in [0.717, 1.165) is 23.3 Å². The van der Waals surface area contributed by atoms with Crippen LogP contribution < -0.4 is 0 Å². The van der Waals surface area contributed by atoms with Crippen LogP contribution in [-0.2, 0) is 14.2 Å². The first-order chi connectivity index (χ1) is 14.5. The molecular formula is C25H29NO4. The SMILES string of the molecule is CCOC12OC(=O)N(C(c3ccccc3)c3ccccc3)C1CC=C(CC(C)C)O2.